The van der Waals surface area contributed by atoms with Crippen LogP contribution in [-0.2, 0) is 0 Å². The second kappa shape index (κ2) is 14.5. The van der Waals surface area contributed by atoms with Crippen LogP contribution in [0, 0.1) is 0 Å². The molecule has 1 aliphatic rings. The van der Waals surface area contributed by atoms with Crippen molar-refractivity contribution in [2.45, 2.75) is 0 Å². The number of hydrogen-bond donors (Lipinski definition) is 0. The zero-order chi connectivity index (χ0) is 42.1. The second-order valence-corrected chi connectivity index (χ2v) is 16.4. The third-order valence-corrected chi connectivity index (χ3v) is 12.7. The van der Waals surface area contributed by atoms with Crippen molar-refractivity contribution in [3.05, 3.63) is 224 Å². The van der Waals surface area contributed by atoms with E-state index in [2.05, 4.69) is 228 Å². The summed E-state index contributed by atoms with van der Waals surface area (Å²) >= 11 is 0. The monoisotopic (exact) mass is 815 g/mol. The number of aromatic nitrogens is 4. The standard InChI is InChI=1S/C59H37N5/c1-3-15-38(16-4-1)39-29-31-41(32-30-39)57-60-58(44-33-34-47-46-23-9-11-26-51(46)63(54(47)37-44)45-21-5-2-6-22-45)62-59(61-57)49-24-10-12-27-52(49)64-53-28-14-20-40-19-13-25-48(56(40)53)50-35-42-17-7-8-18-43(42)36-55(50)64/h1-37H. The van der Waals surface area contributed by atoms with Crippen molar-refractivity contribution in [2.75, 3.05) is 4.90 Å². The molecule has 0 saturated carbocycles. The van der Waals surface area contributed by atoms with Crippen molar-refractivity contribution in [1.29, 1.82) is 0 Å². The quantitative estimate of drug-likeness (QED) is 0.168. The van der Waals surface area contributed by atoms with Gasteiger partial charge in [-0.3, -0.25) is 0 Å². The molecule has 0 N–H and O–H groups in total. The minimum Gasteiger partial charge on any atom is -0.309 e. The number of nitrogens with zero attached hydrogens (tertiary/aromatic N) is 5. The lowest BCUT2D eigenvalue weighted by molar-refractivity contribution is 1.07. The molecule has 0 unspecified atom stereocenters. The van der Waals surface area contributed by atoms with Gasteiger partial charge in [-0.15, -0.1) is 0 Å². The Bertz CT molecular complexity index is 3770. The molecule has 13 rings (SSSR count). The molecule has 3 heterocycles. The minimum atomic E-state index is 0.597. The molecule has 0 fully saturated rings. The first-order valence-electron chi connectivity index (χ1n) is 21.7. The zero-order valence-electron chi connectivity index (χ0n) is 34.6. The van der Waals surface area contributed by atoms with E-state index in [1.54, 1.807) is 0 Å². The van der Waals surface area contributed by atoms with E-state index in [-0.39, 0.29) is 0 Å². The van der Waals surface area contributed by atoms with Crippen molar-refractivity contribution in [1.82, 2.24) is 19.5 Å². The van der Waals surface area contributed by atoms with E-state index in [0.29, 0.717) is 17.5 Å². The SMILES string of the molecule is c1ccc(-c2ccc(-c3nc(-c4ccc5c6ccccc6n(-c6ccccc6)c5c4)nc(-c4ccccc4N4c5cc6ccccc6cc5-c5cccc6cccc4c56)n3)cc2)cc1. The van der Waals surface area contributed by atoms with Gasteiger partial charge in [-0.05, 0) is 87.4 Å². The summed E-state index contributed by atoms with van der Waals surface area (Å²) in [4.78, 5) is 18.5. The van der Waals surface area contributed by atoms with Gasteiger partial charge in [0.2, 0.25) is 0 Å². The molecule has 5 heteroatoms. The lowest BCUT2D eigenvalue weighted by Crippen LogP contribution is -2.16. The molecule has 0 aliphatic carbocycles. The van der Waals surface area contributed by atoms with Crippen molar-refractivity contribution < 1.29 is 0 Å². The van der Waals surface area contributed by atoms with E-state index in [4.69, 9.17) is 15.0 Å². The Kier molecular flexibility index (Phi) is 8.15. The van der Waals surface area contributed by atoms with Crippen LogP contribution < -0.4 is 4.90 Å². The highest BCUT2D eigenvalue weighted by atomic mass is 15.2. The molecule has 1 aliphatic heterocycles. The van der Waals surface area contributed by atoms with Crippen LogP contribution in [0.2, 0.25) is 0 Å². The van der Waals surface area contributed by atoms with E-state index < -0.39 is 0 Å². The van der Waals surface area contributed by atoms with Crippen LogP contribution in [0.15, 0.2) is 224 Å². The van der Waals surface area contributed by atoms with Crippen molar-refractivity contribution >= 4 is 60.4 Å². The largest absolute Gasteiger partial charge is 0.309 e. The molecule has 10 aromatic carbocycles. The van der Waals surface area contributed by atoms with E-state index in [9.17, 15) is 0 Å². The van der Waals surface area contributed by atoms with Crippen LogP contribution >= 0.6 is 0 Å². The molecule has 0 spiro atoms. The predicted molar refractivity (Wildman–Crippen MR) is 265 cm³/mol. The van der Waals surface area contributed by atoms with Gasteiger partial charge >= 0.3 is 0 Å². The molecule has 5 nitrogen and oxygen atoms in total. The first-order valence-corrected chi connectivity index (χ1v) is 21.7. The van der Waals surface area contributed by atoms with Gasteiger partial charge in [0.25, 0.3) is 0 Å². The summed E-state index contributed by atoms with van der Waals surface area (Å²) < 4.78 is 2.34. The molecule has 0 atom stereocenters. The highest BCUT2D eigenvalue weighted by molar-refractivity contribution is 6.16. The molecule has 0 saturated heterocycles. The minimum absolute atomic E-state index is 0.597. The maximum Gasteiger partial charge on any atom is 0.166 e. The third kappa shape index (κ3) is 5.75. The van der Waals surface area contributed by atoms with Gasteiger partial charge in [0.15, 0.2) is 17.5 Å². The van der Waals surface area contributed by atoms with Crippen molar-refractivity contribution in [3.63, 3.8) is 0 Å². The van der Waals surface area contributed by atoms with Gasteiger partial charge in [0.1, 0.15) is 0 Å². The van der Waals surface area contributed by atoms with Gasteiger partial charge in [0.05, 0.1) is 28.1 Å². The number of rotatable bonds is 6. The molecule has 298 valence electrons. The molecular weight excluding hydrogens is 779 g/mol. The van der Waals surface area contributed by atoms with E-state index in [1.807, 2.05) is 6.07 Å². The van der Waals surface area contributed by atoms with Crippen LogP contribution in [0.1, 0.15) is 0 Å². The second-order valence-electron chi connectivity index (χ2n) is 16.4. The highest BCUT2D eigenvalue weighted by Gasteiger charge is 2.29. The van der Waals surface area contributed by atoms with Crippen LogP contribution in [0.4, 0.5) is 17.1 Å². The molecule has 0 bridgehead atoms. The maximum absolute atomic E-state index is 5.42. The first-order chi connectivity index (χ1) is 31.7. The third-order valence-electron chi connectivity index (χ3n) is 12.7. The molecule has 12 aromatic rings. The first kappa shape index (κ1) is 36.0. The lowest BCUT2D eigenvalue weighted by atomic mass is 9.89. The molecule has 0 amide bonds. The number of para-hydroxylation sites is 3. The fraction of sp³-hybridized carbons (Fsp3) is 0. The van der Waals surface area contributed by atoms with E-state index in [1.165, 1.54) is 43.4 Å². The Morgan fingerprint density at radius 1 is 0.297 bits per heavy atom. The Balaban J connectivity index is 1.05. The summed E-state index contributed by atoms with van der Waals surface area (Å²) in [5.41, 5.74) is 14.0. The van der Waals surface area contributed by atoms with Crippen LogP contribution in [0.3, 0.4) is 0 Å². The molecular formula is C59H37N5. The summed E-state index contributed by atoms with van der Waals surface area (Å²) in [5.74, 6) is 1.81. The zero-order valence-corrected chi connectivity index (χ0v) is 34.6. The topological polar surface area (TPSA) is 46.8 Å². The number of anilines is 3. The summed E-state index contributed by atoms with van der Waals surface area (Å²) in [7, 11) is 0. The number of fused-ring (bicyclic) bond motifs is 6. The molecule has 2 aromatic heterocycles. The van der Waals surface area contributed by atoms with Gasteiger partial charge in [-0.2, -0.15) is 0 Å². The number of benzene rings is 10. The fourth-order valence-corrected chi connectivity index (χ4v) is 9.77. The van der Waals surface area contributed by atoms with Crippen molar-refractivity contribution in [2.24, 2.45) is 0 Å². The van der Waals surface area contributed by atoms with E-state index in [0.717, 1.165) is 61.6 Å². The average Bonchev–Trinajstić information content (AvgIpc) is 3.70. The van der Waals surface area contributed by atoms with Gasteiger partial charge in [-0.1, -0.05) is 170 Å². The van der Waals surface area contributed by atoms with E-state index >= 15 is 0 Å². The number of hydrogen-bond acceptors (Lipinski definition) is 4. The highest BCUT2D eigenvalue weighted by Crippen LogP contribution is 2.53. The smallest absolute Gasteiger partial charge is 0.166 e. The summed E-state index contributed by atoms with van der Waals surface area (Å²) in [6, 6.07) is 79.9. The Morgan fingerprint density at radius 3 is 1.69 bits per heavy atom. The Labute approximate surface area is 369 Å². The lowest BCUT2D eigenvalue weighted by Gasteiger charge is -2.35. The van der Waals surface area contributed by atoms with Gasteiger partial charge in [0, 0.05) is 44.1 Å². The summed E-state index contributed by atoms with van der Waals surface area (Å²) in [5, 5.41) is 7.18. The Hall–Kier alpha value is -8.67. The van der Waals surface area contributed by atoms with Crippen molar-refractivity contribution in [3.8, 4) is 62.1 Å². The maximum atomic E-state index is 5.42. The molecule has 0 radical (unpaired) electrons. The average molecular weight is 816 g/mol. The summed E-state index contributed by atoms with van der Waals surface area (Å²) in [6.07, 6.45) is 0. The fourth-order valence-electron chi connectivity index (χ4n) is 9.77. The summed E-state index contributed by atoms with van der Waals surface area (Å²) in [6.45, 7) is 0. The predicted octanol–water partition coefficient (Wildman–Crippen LogP) is 15.4. The van der Waals surface area contributed by atoms with Crippen LogP contribution in [0.25, 0.3) is 105 Å². The van der Waals surface area contributed by atoms with Crippen LogP contribution in [0.5, 0.6) is 0 Å². The van der Waals surface area contributed by atoms with Crippen LogP contribution in [-0.4, -0.2) is 19.5 Å². The van der Waals surface area contributed by atoms with Gasteiger partial charge in [-0.25, -0.2) is 15.0 Å². The Morgan fingerprint density at radius 2 is 0.859 bits per heavy atom. The normalized spacial score (nSPS) is 12.0. The van der Waals surface area contributed by atoms with Gasteiger partial charge < -0.3 is 9.47 Å². The molecule has 64 heavy (non-hydrogen) atoms.